The first-order valence-electron chi connectivity index (χ1n) is 8.73. The first-order valence-corrected chi connectivity index (χ1v) is 9.54. The summed E-state index contributed by atoms with van der Waals surface area (Å²) in [4.78, 5) is 11.3. The highest BCUT2D eigenvalue weighted by molar-refractivity contribution is 7.15. The molecule has 2 aromatic carbocycles. The quantitative estimate of drug-likeness (QED) is 0.198. The molecule has 0 aliphatic heterocycles. The van der Waals surface area contributed by atoms with Crippen molar-refractivity contribution in [3.05, 3.63) is 76.0 Å². The van der Waals surface area contributed by atoms with Gasteiger partial charge in [0.05, 0.1) is 16.1 Å². The van der Waals surface area contributed by atoms with Gasteiger partial charge in [-0.3, -0.25) is 10.2 Å². The van der Waals surface area contributed by atoms with Gasteiger partial charge in [0.25, 0.3) is 0 Å². The van der Waals surface area contributed by atoms with Crippen molar-refractivity contribution < 1.29 is 31.1 Å². The number of hydrazone groups is 1. The van der Waals surface area contributed by atoms with Crippen molar-refractivity contribution in [3.8, 4) is 17.2 Å². The van der Waals surface area contributed by atoms with E-state index in [0.29, 0.717) is 0 Å². The molecular formula is C21H11F6N3OS. The highest BCUT2D eigenvalue weighted by atomic mass is 32.1. The number of benzene rings is 2. The Morgan fingerprint density at radius 2 is 1.56 bits per heavy atom. The molecule has 1 aromatic heterocycles. The van der Waals surface area contributed by atoms with Crippen molar-refractivity contribution in [1.82, 2.24) is 0 Å². The number of nitriles is 1. The third-order valence-corrected chi connectivity index (χ3v) is 5.31. The molecule has 0 aliphatic rings. The molecule has 0 saturated heterocycles. The molecule has 1 heterocycles. The number of carbonyl (C=O) groups is 1. The van der Waals surface area contributed by atoms with E-state index in [1.165, 1.54) is 18.2 Å². The van der Waals surface area contributed by atoms with Crippen LogP contribution >= 0.6 is 11.3 Å². The third-order valence-electron chi connectivity index (χ3n) is 4.13. The molecule has 0 amide bonds. The number of halogens is 6. The van der Waals surface area contributed by atoms with Crippen molar-refractivity contribution in [2.45, 2.75) is 12.4 Å². The second-order valence-electron chi connectivity index (χ2n) is 6.31. The van der Waals surface area contributed by atoms with Crippen LogP contribution < -0.4 is 5.43 Å². The molecule has 3 aromatic rings. The van der Waals surface area contributed by atoms with Crippen LogP contribution in [0.15, 0.2) is 65.8 Å². The van der Waals surface area contributed by atoms with E-state index in [1.54, 1.807) is 18.2 Å². The van der Waals surface area contributed by atoms with E-state index in [4.69, 9.17) is 0 Å². The number of rotatable bonds is 5. The molecule has 0 fully saturated rings. The molecule has 164 valence electrons. The van der Waals surface area contributed by atoms with Gasteiger partial charge in [-0.2, -0.15) is 36.7 Å². The summed E-state index contributed by atoms with van der Waals surface area (Å²) in [6.45, 7) is 0. The van der Waals surface area contributed by atoms with Crippen molar-refractivity contribution in [3.63, 3.8) is 0 Å². The van der Waals surface area contributed by atoms with Gasteiger partial charge in [-0.05, 0) is 35.9 Å². The summed E-state index contributed by atoms with van der Waals surface area (Å²) in [7, 11) is 0. The van der Waals surface area contributed by atoms with Crippen LogP contribution in [0.3, 0.4) is 0 Å². The Morgan fingerprint density at radius 3 is 2.09 bits per heavy atom. The van der Waals surface area contributed by atoms with Crippen LogP contribution in [-0.2, 0) is 12.4 Å². The van der Waals surface area contributed by atoms with Gasteiger partial charge < -0.3 is 0 Å². The van der Waals surface area contributed by atoms with Gasteiger partial charge in [0, 0.05) is 5.56 Å². The zero-order valence-corrected chi connectivity index (χ0v) is 16.6. The Bertz CT molecular complexity index is 1190. The summed E-state index contributed by atoms with van der Waals surface area (Å²) in [5.74, 6) is -1.05. The Kier molecular flexibility index (Phi) is 6.36. The number of nitrogens with zero attached hydrogens (tertiary/aromatic N) is 2. The molecule has 11 heteroatoms. The number of carbonyl (C=O) groups excluding carboxylic acids is 1. The number of anilines is 1. The molecule has 4 nitrogen and oxygen atoms in total. The normalized spacial score (nSPS) is 12.3. The minimum Gasteiger partial charge on any atom is -0.285 e. The molecule has 0 bridgehead atoms. The van der Waals surface area contributed by atoms with E-state index < -0.39 is 34.3 Å². The Balaban J connectivity index is 1.90. The lowest BCUT2D eigenvalue weighted by atomic mass is 10.1. The van der Waals surface area contributed by atoms with Gasteiger partial charge in [0.2, 0.25) is 11.5 Å². The Morgan fingerprint density at radius 1 is 0.938 bits per heavy atom. The molecule has 3 rings (SSSR count). The zero-order chi connectivity index (χ0) is 23.5. The van der Waals surface area contributed by atoms with Crippen molar-refractivity contribution >= 4 is 28.5 Å². The van der Waals surface area contributed by atoms with Crippen LogP contribution in [0.1, 0.15) is 20.1 Å². The summed E-state index contributed by atoms with van der Waals surface area (Å²) >= 11 is 0.180. The lowest BCUT2D eigenvalue weighted by Gasteiger charge is -2.07. The average molecular weight is 467 g/mol. The van der Waals surface area contributed by atoms with Crippen LogP contribution in [0.25, 0.3) is 11.1 Å². The maximum atomic E-state index is 13.5. The minimum absolute atomic E-state index is 0.0469. The Hall–Kier alpha value is -3.65. The topological polar surface area (TPSA) is 65.2 Å². The predicted molar refractivity (Wildman–Crippen MR) is 107 cm³/mol. The summed E-state index contributed by atoms with van der Waals surface area (Å²) < 4.78 is 78.3. The monoisotopic (exact) mass is 467 g/mol. The molecule has 0 saturated carbocycles. The van der Waals surface area contributed by atoms with Crippen LogP contribution in [0, 0.1) is 11.3 Å². The van der Waals surface area contributed by atoms with Gasteiger partial charge in [-0.1, -0.05) is 30.3 Å². The summed E-state index contributed by atoms with van der Waals surface area (Å²) in [6.07, 6.45) is -9.27. The van der Waals surface area contributed by atoms with Crippen molar-refractivity contribution in [2.75, 3.05) is 5.43 Å². The van der Waals surface area contributed by atoms with Crippen LogP contribution in [0.2, 0.25) is 0 Å². The van der Waals surface area contributed by atoms with Crippen LogP contribution in [0.5, 0.6) is 0 Å². The Labute approximate surface area is 181 Å². The number of ketones is 1. The maximum absolute atomic E-state index is 13.5. The van der Waals surface area contributed by atoms with E-state index in [2.05, 4.69) is 10.5 Å². The second kappa shape index (κ2) is 8.84. The summed E-state index contributed by atoms with van der Waals surface area (Å²) in [5, 5.41) is 12.8. The smallest absolute Gasteiger partial charge is 0.285 e. The fraction of sp³-hybridized carbons (Fsp3) is 0.0952. The van der Waals surface area contributed by atoms with Crippen molar-refractivity contribution in [2.24, 2.45) is 5.10 Å². The van der Waals surface area contributed by atoms with Crippen LogP contribution in [-0.4, -0.2) is 11.5 Å². The molecule has 0 aliphatic carbocycles. The van der Waals surface area contributed by atoms with E-state index >= 15 is 0 Å². The minimum atomic E-state index is -4.73. The van der Waals surface area contributed by atoms with E-state index in [1.807, 2.05) is 0 Å². The maximum Gasteiger partial charge on any atom is 0.426 e. The van der Waals surface area contributed by atoms with Gasteiger partial charge in [-0.25, -0.2) is 0 Å². The molecular weight excluding hydrogens is 456 g/mol. The number of alkyl halides is 6. The van der Waals surface area contributed by atoms with Crippen molar-refractivity contribution in [1.29, 1.82) is 5.26 Å². The fourth-order valence-corrected chi connectivity index (χ4v) is 3.63. The average Bonchev–Trinajstić information content (AvgIpc) is 3.20. The predicted octanol–water partition coefficient (Wildman–Crippen LogP) is 6.63. The molecule has 0 spiro atoms. The number of thiophene rings is 1. The molecule has 32 heavy (non-hydrogen) atoms. The van der Waals surface area contributed by atoms with E-state index in [9.17, 15) is 36.4 Å². The lowest BCUT2D eigenvalue weighted by molar-refractivity contribution is -0.137. The van der Waals surface area contributed by atoms with E-state index in [-0.39, 0.29) is 33.0 Å². The highest BCUT2D eigenvalue weighted by Crippen LogP contribution is 2.43. The molecule has 0 atom stereocenters. The lowest BCUT2D eigenvalue weighted by Crippen LogP contribution is -2.13. The van der Waals surface area contributed by atoms with Gasteiger partial charge in [0.1, 0.15) is 10.9 Å². The zero-order valence-electron chi connectivity index (χ0n) is 15.8. The SMILES string of the molecule is N#C/C(=N\Nc1ccc(C(F)(F)F)cc1)C(=O)c1cc(-c2ccccc2)c(C(F)(F)F)s1. The second-order valence-corrected chi connectivity index (χ2v) is 7.36. The third kappa shape index (κ3) is 5.15. The van der Waals surface area contributed by atoms with Gasteiger partial charge in [0.15, 0.2) is 0 Å². The first-order chi connectivity index (χ1) is 15.0. The summed E-state index contributed by atoms with van der Waals surface area (Å²) in [5.41, 5.74) is 0.692. The largest absolute Gasteiger partial charge is 0.426 e. The van der Waals surface area contributed by atoms with Gasteiger partial charge >= 0.3 is 12.4 Å². The summed E-state index contributed by atoms with van der Waals surface area (Å²) in [6, 6.07) is 13.8. The highest BCUT2D eigenvalue weighted by Gasteiger charge is 2.37. The number of Topliss-reactive ketones (excluding diaryl/α,β-unsaturated/α-hetero) is 1. The van der Waals surface area contributed by atoms with E-state index in [0.717, 1.165) is 30.3 Å². The number of hydrogen-bond donors (Lipinski definition) is 1. The van der Waals surface area contributed by atoms with Gasteiger partial charge in [-0.15, -0.1) is 11.3 Å². The molecule has 0 unspecified atom stereocenters. The molecule has 0 radical (unpaired) electrons. The number of hydrogen-bond acceptors (Lipinski definition) is 5. The van der Waals surface area contributed by atoms with Crippen LogP contribution in [0.4, 0.5) is 32.0 Å². The standard InChI is InChI=1S/C21H11F6N3OS/c22-20(23,24)13-6-8-14(9-7-13)29-30-16(11-28)18(31)17-10-15(12-4-2-1-3-5-12)19(32-17)21(25,26)27/h1-10,29H/b30-16+. The number of nitrogens with one attached hydrogen (secondary N) is 1. The molecule has 1 N–H and O–H groups in total. The fourth-order valence-electron chi connectivity index (χ4n) is 2.64. The first kappa shape index (κ1) is 23.0.